The van der Waals surface area contributed by atoms with E-state index in [0.717, 1.165) is 12.0 Å². The zero-order valence-corrected chi connectivity index (χ0v) is 10.6. The highest BCUT2D eigenvalue weighted by atomic mass is 16.1. The second-order valence-corrected chi connectivity index (χ2v) is 3.51. The number of carbonyl (C=O) groups excluding carboxylic acids is 1. The monoisotopic (exact) mass is 221 g/mol. The lowest BCUT2D eigenvalue weighted by Crippen LogP contribution is -2.32. The third-order valence-corrected chi connectivity index (χ3v) is 2.21. The Morgan fingerprint density at radius 3 is 2.31 bits per heavy atom. The zero-order valence-electron chi connectivity index (χ0n) is 10.6. The van der Waals surface area contributed by atoms with E-state index in [1.54, 1.807) is 0 Å². The molecule has 1 aromatic rings. The molecule has 0 aromatic heterocycles. The molecule has 1 aromatic carbocycles. The van der Waals surface area contributed by atoms with Gasteiger partial charge < -0.3 is 5.73 Å². The molecule has 0 amide bonds. The van der Waals surface area contributed by atoms with Gasteiger partial charge in [-0.05, 0) is 18.4 Å². The van der Waals surface area contributed by atoms with Crippen molar-refractivity contribution in [2.75, 3.05) is 0 Å². The Bertz CT molecular complexity index is 282. The van der Waals surface area contributed by atoms with E-state index in [1.165, 1.54) is 0 Å². The molecule has 16 heavy (non-hydrogen) atoms. The van der Waals surface area contributed by atoms with Crippen LogP contribution < -0.4 is 5.73 Å². The Morgan fingerprint density at radius 1 is 1.25 bits per heavy atom. The lowest BCUT2D eigenvalue weighted by atomic mass is 10.0. The van der Waals surface area contributed by atoms with Crippen molar-refractivity contribution >= 4 is 5.78 Å². The summed E-state index contributed by atoms with van der Waals surface area (Å²) in [6, 6.07) is 9.55. The van der Waals surface area contributed by atoms with Crippen LogP contribution in [0.25, 0.3) is 0 Å². The van der Waals surface area contributed by atoms with Crippen molar-refractivity contribution in [3.63, 3.8) is 0 Å². The number of nitrogens with two attached hydrogens (primary N) is 1. The van der Waals surface area contributed by atoms with Gasteiger partial charge in [0.1, 0.15) is 5.78 Å². The van der Waals surface area contributed by atoms with E-state index in [9.17, 15) is 4.79 Å². The fourth-order valence-corrected chi connectivity index (χ4v) is 1.41. The molecule has 2 heteroatoms. The largest absolute Gasteiger partial charge is 0.321 e. The van der Waals surface area contributed by atoms with Crippen LogP contribution in [0, 0.1) is 0 Å². The molecule has 0 saturated heterocycles. The molecule has 0 bridgehead atoms. The smallest absolute Gasteiger partial charge is 0.149 e. The highest BCUT2D eigenvalue weighted by molar-refractivity contribution is 5.83. The second kappa shape index (κ2) is 9.10. The molecule has 2 N–H and O–H groups in total. The van der Waals surface area contributed by atoms with Crippen molar-refractivity contribution in [3.05, 3.63) is 35.9 Å². The van der Waals surface area contributed by atoms with Crippen LogP contribution in [0.5, 0.6) is 0 Å². The van der Waals surface area contributed by atoms with Gasteiger partial charge in [0, 0.05) is 6.42 Å². The summed E-state index contributed by atoms with van der Waals surface area (Å²) >= 11 is 0. The summed E-state index contributed by atoms with van der Waals surface area (Å²) in [6.45, 7) is 5.99. The van der Waals surface area contributed by atoms with Crippen LogP contribution in [0.1, 0.15) is 39.2 Å². The molecule has 0 saturated carbocycles. The van der Waals surface area contributed by atoms with Gasteiger partial charge in [0.15, 0.2) is 0 Å². The van der Waals surface area contributed by atoms with Gasteiger partial charge in [-0.15, -0.1) is 0 Å². The average molecular weight is 221 g/mol. The van der Waals surface area contributed by atoms with E-state index < -0.39 is 0 Å². The predicted molar refractivity (Wildman–Crippen MR) is 69.4 cm³/mol. The topological polar surface area (TPSA) is 43.1 Å². The van der Waals surface area contributed by atoms with Gasteiger partial charge in [0.25, 0.3) is 0 Å². The van der Waals surface area contributed by atoms with Crippen molar-refractivity contribution < 1.29 is 4.79 Å². The highest BCUT2D eigenvalue weighted by Crippen LogP contribution is 2.04. The molecule has 0 heterocycles. The SMILES string of the molecule is CC.CCCC(=O)[C@@H](N)Cc1ccccc1. The number of benzene rings is 1. The number of Topliss-reactive ketones (excluding diaryl/α,β-unsaturated/α-hetero) is 1. The molecule has 0 unspecified atom stereocenters. The van der Waals surface area contributed by atoms with E-state index in [1.807, 2.05) is 51.1 Å². The van der Waals surface area contributed by atoms with Crippen LogP contribution in [-0.4, -0.2) is 11.8 Å². The first-order valence-corrected chi connectivity index (χ1v) is 6.06. The van der Waals surface area contributed by atoms with E-state index >= 15 is 0 Å². The van der Waals surface area contributed by atoms with Gasteiger partial charge in [-0.3, -0.25) is 4.79 Å². The average Bonchev–Trinajstić information content (AvgIpc) is 2.33. The minimum absolute atomic E-state index is 0.163. The van der Waals surface area contributed by atoms with Gasteiger partial charge in [0.2, 0.25) is 0 Å². The van der Waals surface area contributed by atoms with Crippen molar-refractivity contribution in [2.24, 2.45) is 5.73 Å². The summed E-state index contributed by atoms with van der Waals surface area (Å²) in [5.41, 5.74) is 6.91. The van der Waals surface area contributed by atoms with Gasteiger partial charge in [-0.2, -0.15) is 0 Å². The molecule has 1 rings (SSSR count). The quantitative estimate of drug-likeness (QED) is 0.830. The molecule has 90 valence electrons. The molecule has 0 aliphatic rings. The van der Waals surface area contributed by atoms with Gasteiger partial charge in [0.05, 0.1) is 6.04 Å². The maximum atomic E-state index is 11.4. The van der Waals surface area contributed by atoms with Crippen LogP contribution in [0.4, 0.5) is 0 Å². The Balaban J connectivity index is 0.00000106. The summed E-state index contributed by atoms with van der Waals surface area (Å²) in [5, 5.41) is 0. The van der Waals surface area contributed by atoms with Gasteiger partial charge in [-0.1, -0.05) is 51.1 Å². The summed E-state index contributed by atoms with van der Waals surface area (Å²) in [4.78, 5) is 11.4. The molecule has 0 aliphatic heterocycles. The minimum Gasteiger partial charge on any atom is -0.321 e. The molecule has 2 nitrogen and oxygen atoms in total. The Kier molecular flexibility index (Phi) is 8.45. The fourth-order valence-electron chi connectivity index (χ4n) is 1.41. The number of rotatable bonds is 5. The lowest BCUT2D eigenvalue weighted by molar-refractivity contribution is -0.120. The first-order valence-electron chi connectivity index (χ1n) is 6.06. The van der Waals surface area contributed by atoms with Crippen LogP contribution in [0.2, 0.25) is 0 Å². The Morgan fingerprint density at radius 2 is 1.81 bits per heavy atom. The Hall–Kier alpha value is -1.15. The molecule has 0 aliphatic carbocycles. The summed E-state index contributed by atoms with van der Waals surface area (Å²) in [5.74, 6) is 0.163. The second-order valence-electron chi connectivity index (χ2n) is 3.51. The predicted octanol–water partition coefficient (Wildman–Crippen LogP) is 2.95. The first kappa shape index (κ1) is 14.8. The van der Waals surface area contributed by atoms with Crippen molar-refractivity contribution in [1.29, 1.82) is 0 Å². The van der Waals surface area contributed by atoms with Crippen molar-refractivity contribution in [3.8, 4) is 0 Å². The zero-order chi connectivity index (χ0) is 12.4. The van der Waals surface area contributed by atoms with Crippen LogP contribution in [-0.2, 0) is 11.2 Å². The normalized spacial score (nSPS) is 11.2. The number of hydrogen-bond acceptors (Lipinski definition) is 2. The molecular weight excluding hydrogens is 198 g/mol. The van der Waals surface area contributed by atoms with Gasteiger partial charge >= 0.3 is 0 Å². The van der Waals surface area contributed by atoms with Crippen LogP contribution in [0.15, 0.2) is 30.3 Å². The summed E-state index contributed by atoms with van der Waals surface area (Å²) in [6.07, 6.45) is 2.12. The molecule has 0 spiro atoms. The maximum absolute atomic E-state index is 11.4. The van der Waals surface area contributed by atoms with E-state index in [4.69, 9.17) is 5.73 Å². The molecular formula is C14H23NO. The molecule has 1 atom stereocenters. The first-order chi connectivity index (χ1) is 7.74. The lowest BCUT2D eigenvalue weighted by Gasteiger charge is -2.09. The molecule has 0 radical (unpaired) electrons. The van der Waals surface area contributed by atoms with Crippen LogP contribution in [0.3, 0.4) is 0 Å². The van der Waals surface area contributed by atoms with Crippen LogP contribution >= 0.6 is 0 Å². The molecule has 0 fully saturated rings. The minimum atomic E-state index is -0.336. The standard InChI is InChI=1S/C12H17NO.C2H6/c1-2-6-12(14)11(13)9-10-7-4-3-5-8-10;1-2/h3-5,7-8,11H,2,6,9,13H2,1H3;1-2H3/t11-;/m0./s1. The van der Waals surface area contributed by atoms with E-state index in [0.29, 0.717) is 12.8 Å². The number of ketones is 1. The highest BCUT2D eigenvalue weighted by Gasteiger charge is 2.12. The Labute approximate surface area is 98.9 Å². The maximum Gasteiger partial charge on any atom is 0.149 e. The van der Waals surface area contributed by atoms with Crippen molar-refractivity contribution in [1.82, 2.24) is 0 Å². The fraction of sp³-hybridized carbons (Fsp3) is 0.500. The number of carbonyl (C=O) groups is 1. The third kappa shape index (κ3) is 5.66. The number of hydrogen-bond donors (Lipinski definition) is 1. The van der Waals surface area contributed by atoms with E-state index in [-0.39, 0.29) is 11.8 Å². The van der Waals surface area contributed by atoms with Crippen molar-refractivity contribution in [2.45, 2.75) is 46.1 Å². The summed E-state index contributed by atoms with van der Waals surface area (Å²) < 4.78 is 0. The van der Waals surface area contributed by atoms with Gasteiger partial charge in [-0.25, -0.2) is 0 Å². The third-order valence-electron chi connectivity index (χ3n) is 2.21. The summed E-state index contributed by atoms with van der Waals surface area (Å²) in [7, 11) is 0. The van der Waals surface area contributed by atoms with E-state index in [2.05, 4.69) is 0 Å².